The molecule has 274 valence electrons. The quantitative estimate of drug-likeness (QED) is 0.119. The number of amides is 2. The first-order chi connectivity index (χ1) is 25.3. The highest BCUT2D eigenvalue weighted by Crippen LogP contribution is 2.39. The monoisotopic (exact) mass is 708 g/mol. The lowest BCUT2D eigenvalue weighted by Gasteiger charge is -2.39. The second-order valence-electron chi connectivity index (χ2n) is 13.3. The van der Waals surface area contributed by atoms with Gasteiger partial charge in [0.25, 0.3) is 0 Å². The van der Waals surface area contributed by atoms with Gasteiger partial charge in [0.15, 0.2) is 17.8 Å². The van der Waals surface area contributed by atoms with Crippen molar-refractivity contribution in [3.63, 3.8) is 0 Å². The van der Waals surface area contributed by atoms with Gasteiger partial charge in [0.1, 0.15) is 0 Å². The number of nitrogens with two attached hydrogens (primary N) is 1. The molecule has 0 radical (unpaired) electrons. The van der Waals surface area contributed by atoms with Crippen LogP contribution in [0.25, 0.3) is 0 Å². The summed E-state index contributed by atoms with van der Waals surface area (Å²) in [5, 5.41) is 15.3. The number of carbonyl (C=O) groups is 2. The number of nitrogens with one attached hydrogen (secondary N) is 2. The molecule has 1 fully saturated rings. The summed E-state index contributed by atoms with van der Waals surface area (Å²) in [6, 6.07) is 27.0. The molecule has 0 aliphatic carbocycles. The van der Waals surface area contributed by atoms with Crippen molar-refractivity contribution in [3.05, 3.63) is 118 Å². The molecule has 11 heteroatoms. The highest BCUT2D eigenvalue weighted by molar-refractivity contribution is 5.93. The van der Waals surface area contributed by atoms with E-state index in [0.29, 0.717) is 30.8 Å². The van der Waals surface area contributed by atoms with Gasteiger partial charge in [-0.3, -0.25) is 14.5 Å². The van der Waals surface area contributed by atoms with Gasteiger partial charge in [-0.05, 0) is 64.9 Å². The lowest BCUT2D eigenvalue weighted by Crippen LogP contribution is -2.41. The number of benzene rings is 4. The van der Waals surface area contributed by atoms with Gasteiger partial charge < -0.3 is 40.4 Å². The van der Waals surface area contributed by atoms with E-state index in [0.717, 1.165) is 59.8 Å². The number of aliphatic hydroxyl groups excluding tert-OH is 1. The first-order valence-electron chi connectivity index (χ1n) is 17.8. The molecular formula is C41H48N4O7. The molecule has 0 bridgehead atoms. The van der Waals surface area contributed by atoms with E-state index in [9.17, 15) is 14.7 Å². The Labute approximate surface area is 305 Å². The molecule has 0 spiro atoms. The van der Waals surface area contributed by atoms with Crippen LogP contribution in [0.4, 0.5) is 11.4 Å². The molecule has 6 rings (SSSR count). The first kappa shape index (κ1) is 36.8. The van der Waals surface area contributed by atoms with Crippen LogP contribution in [0.5, 0.6) is 11.5 Å². The standard InChI is InChI=1S/C41H48N4O7/c1-49-37-20-31-18-19-45(24-32(31)21-38(37)50-2)25-33-22-36(29-14-12-28(26-46)13-15-29)52-41(51-33)30-16-10-27(11-17-30)23-43-39(47)8-5-9-40(48)44-35-7-4-3-6-34(35)42/h3-4,6-7,10-17,20-21,33,36,41,46H,5,8-9,18-19,22-26,42H2,1-2H3,(H,43,47)(H,44,48)/t33-,36+,41+/m1/s1. The fourth-order valence-corrected chi connectivity index (χ4v) is 6.73. The molecule has 0 unspecified atom stereocenters. The molecule has 11 nitrogen and oxygen atoms in total. The smallest absolute Gasteiger partial charge is 0.224 e. The van der Waals surface area contributed by atoms with E-state index in [4.69, 9.17) is 24.7 Å². The van der Waals surface area contributed by atoms with Gasteiger partial charge in [0.2, 0.25) is 11.8 Å². The summed E-state index contributed by atoms with van der Waals surface area (Å²) in [5.74, 6) is 1.18. The molecule has 5 N–H and O–H groups in total. The van der Waals surface area contributed by atoms with Crippen LogP contribution in [-0.2, 0) is 45.2 Å². The fourth-order valence-electron chi connectivity index (χ4n) is 6.73. The lowest BCUT2D eigenvalue weighted by molar-refractivity contribution is -0.253. The number of nitrogen functional groups attached to an aromatic ring is 1. The molecule has 3 atom stereocenters. The van der Waals surface area contributed by atoms with Crippen LogP contribution < -0.4 is 25.8 Å². The van der Waals surface area contributed by atoms with Crippen LogP contribution >= 0.6 is 0 Å². The Bertz CT molecular complexity index is 1820. The van der Waals surface area contributed by atoms with Crippen molar-refractivity contribution in [1.29, 1.82) is 0 Å². The van der Waals surface area contributed by atoms with E-state index in [-0.39, 0.29) is 43.5 Å². The average molecular weight is 709 g/mol. The third-order valence-corrected chi connectivity index (χ3v) is 9.66. The maximum atomic E-state index is 12.5. The normalized spacial score (nSPS) is 18.6. The number of anilines is 2. The van der Waals surface area contributed by atoms with E-state index in [1.807, 2.05) is 48.5 Å². The van der Waals surface area contributed by atoms with Gasteiger partial charge >= 0.3 is 0 Å². The SMILES string of the molecule is COc1cc2c(cc1OC)CN(C[C@H]1C[C@@H](c3ccc(CO)cc3)O[C@@H](c3ccc(CNC(=O)CCCC(=O)Nc4ccccc4N)cc3)O1)CC2. The third kappa shape index (κ3) is 9.48. The van der Waals surface area contributed by atoms with Gasteiger partial charge in [-0.25, -0.2) is 0 Å². The largest absolute Gasteiger partial charge is 0.493 e. The zero-order valence-electron chi connectivity index (χ0n) is 29.8. The molecule has 2 aliphatic heterocycles. The van der Waals surface area contributed by atoms with Gasteiger partial charge in [0.05, 0.1) is 44.4 Å². The number of methoxy groups -OCH3 is 2. The molecule has 52 heavy (non-hydrogen) atoms. The highest BCUT2D eigenvalue weighted by atomic mass is 16.7. The number of carbonyl (C=O) groups excluding carboxylic acids is 2. The number of hydrogen-bond donors (Lipinski definition) is 4. The van der Waals surface area contributed by atoms with Crippen LogP contribution in [-0.4, -0.2) is 55.2 Å². The van der Waals surface area contributed by atoms with Crippen molar-refractivity contribution in [2.75, 3.05) is 38.4 Å². The van der Waals surface area contributed by atoms with Crippen molar-refractivity contribution in [3.8, 4) is 11.5 Å². The summed E-state index contributed by atoms with van der Waals surface area (Å²) in [7, 11) is 3.32. The summed E-state index contributed by atoms with van der Waals surface area (Å²) in [5.41, 5.74) is 13.2. The Morgan fingerprint density at radius 2 is 1.54 bits per heavy atom. The van der Waals surface area contributed by atoms with Crippen molar-refractivity contribution >= 4 is 23.2 Å². The van der Waals surface area contributed by atoms with Crippen molar-refractivity contribution < 1.29 is 33.6 Å². The molecule has 2 heterocycles. The summed E-state index contributed by atoms with van der Waals surface area (Å²) >= 11 is 0. The predicted octanol–water partition coefficient (Wildman–Crippen LogP) is 5.81. The summed E-state index contributed by atoms with van der Waals surface area (Å²) < 4.78 is 24.3. The molecule has 4 aromatic carbocycles. The number of rotatable bonds is 14. The van der Waals surface area contributed by atoms with E-state index >= 15 is 0 Å². The van der Waals surface area contributed by atoms with E-state index in [2.05, 4.69) is 27.7 Å². The van der Waals surface area contributed by atoms with E-state index < -0.39 is 6.29 Å². The van der Waals surface area contributed by atoms with E-state index in [1.54, 1.807) is 38.5 Å². The second-order valence-corrected chi connectivity index (χ2v) is 13.3. The summed E-state index contributed by atoms with van der Waals surface area (Å²) in [6.07, 6.45) is 1.63. The van der Waals surface area contributed by atoms with Crippen LogP contribution in [0, 0.1) is 0 Å². The topological polar surface area (TPSA) is 145 Å². The number of aliphatic hydroxyl groups is 1. The molecule has 0 saturated carbocycles. The maximum Gasteiger partial charge on any atom is 0.224 e. The summed E-state index contributed by atoms with van der Waals surface area (Å²) in [4.78, 5) is 27.2. The average Bonchev–Trinajstić information content (AvgIpc) is 3.17. The molecule has 2 aliphatic rings. The second kappa shape index (κ2) is 17.5. The van der Waals surface area contributed by atoms with Gasteiger partial charge in [-0.2, -0.15) is 0 Å². The Kier molecular flexibility index (Phi) is 12.4. The molecule has 0 aromatic heterocycles. The Hall–Kier alpha value is -4.94. The Morgan fingerprint density at radius 3 is 2.25 bits per heavy atom. The molecule has 1 saturated heterocycles. The minimum atomic E-state index is -0.580. The number of ether oxygens (including phenoxy) is 4. The molecule has 4 aromatic rings. The van der Waals surface area contributed by atoms with Crippen molar-refractivity contribution in [2.24, 2.45) is 0 Å². The predicted molar refractivity (Wildman–Crippen MR) is 199 cm³/mol. The minimum Gasteiger partial charge on any atom is -0.493 e. The summed E-state index contributed by atoms with van der Waals surface area (Å²) in [6.45, 7) is 2.79. The van der Waals surface area contributed by atoms with Gasteiger partial charge in [0, 0.05) is 51.0 Å². The number of fused-ring (bicyclic) bond motifs is 1. The Morgan fingerprint density at radius 1 is 0.865 bits per heavy atom. The number of nitrogens with zero attached hydrogens (tertiary/aromatic N) is 1. The Balaban J connectivity index is 1.05. The highest BCUT2D eigenvalue weighted by Gasteiger charge is 2.34. The maximum absolute atomic E-state index is 12.5. The molecular weight excluding hydrogens is 660 g/mol. The minimum absolute atomic E-state index is 0.0120. The fraction of sp³-hybridized carbons (Fsp3) is 0.366. The first-order valence-corrected chi connectivity index (χ1v) is 17.8. The van der Waals surface area contributed by atoms with Crippen LogP contribution in [0.15, 0.2) is 84.9 Å². The van der Waals surface area contributed by atoms with Crippen LogP contribution in [0.2, 0.25) is 0 Å². The molecule has 2 amide bonds. The van der Waals surface area contributed by atoms with Crippen molar-refractivity contribution in [2.45, 2.75) is 70.3 Å². The van der Waals surface area contributed by atoms with Gasteiger partial charge in [-0.15, -0.1) is 0 Å². The zero-order chi connectivity index (χ0) is 36.5. The third-order valence-electron chi connectivity index (χ3n) is 9.66. The zero-order valence-corrected chi connectivity index (χ0v) is 29.8. The number of para-hydroxylation sites is 2. The van der Waals surface area contributed by atoms with Gasteiger partial charge in [-0.1, -0.05) is 60.7 Å². The van der Waals surface area contributed by atoms with E-state index in [1.165, 1.54) is 11.1 Å². The van der Waals surface area contributed by atoms with Crippen molar-refractivity contribution in [1.82, 2.24) is 10.2 Å². The number of hydrogen-bond acceptors (Lipinski definition) is 9. The lowest BCUT2D eigenvalue weighted by atomic mass is 9.97. The van der Waals surface area contributed by atoms with Crippen LogP contribution in [0.1, 0.15) is 71.5 Å². The van der Waals surface area contributed by atoms with Crippen LogP contribution in [0.3, 0.4) is 0 Å².